The third kappa shape index (κ3) is 2.86. The molecule has 0 aliphatic heterocycles. The molecule has 0 bridgehead atoms. The van der Waals surface area contributed by atoms with Crippen LogP contribution in [0, 0.1) is 11.3 Å². The van der Waals surface area contributed by atoms with Gasteiger partial charge < -0.3 is 11.1 Å². The summed E-state index contributed by atoms with van der Waals surface area (Å²) in [6.45, 7) is 4.32. The van der Waals surface area contributed by atoms with Gasteiger partial charge in [0.25, 0.3) is 0 Å². The molecule has 0 unspecified atom stereocenters. The molecule has 0 fully saturated rings. The standard InChI is InChI=1S/C16H17N3/c1-11(2)14-5-3-4-6-16(14)19-13-8-7-12(10-17)15(18)9-13/h3-9,11,19H,18H2,1-2H3. The molecule has 96 valence electrons. The topological polar surface area (TPSA) is 61.8 Å². The average Bonchev–Trinajstić information content (AvgIpc) is 2.39. The highest BCUT2D eigenvalue weighted by Gasteiger charge is 2.06. The Bertz CT molecular complexity index is 624. The fourth-order valence-electron chi connectivity index (χ4n) is 2.01. The van der Waals surface area contributed by atoms with Crippen molar-refractivity contribution in [3.8, 4) is 6.07 Å². The fraction of sp³-hybridized carbons (Fsp3) is 0.188. The molecule has 0 saturated carbocycles. The van der Waals surface area contributed by atoms with E-state index in [-0.39, 0.29) is 0 Å². The van der Waals surface area contributed by atoms with Crippen molar-refractivity contribution in [2.75, 3.05) is 11.1 Å². The Morgan fingerprint density at radius 3 is 2.53 bits per heavy atom. The number of rotatable bonds is 3. The number of anilines is 3. The van der Waals surface area contributed by atoms with Crippen LogP contribution in [0.25, 0.3) is 0 Å². The first kappa shape index (κ1) is 13.0. The Balaban J connectivity index is 2.32. The summed E-state index contributed by atoms with van der Waals surface area (Å²) in [6, 6.07) is 15.6. The highest BCUT2D eigenvalue weighted by molar-refractivity contribution is 5.69. The second kappa shape index (κ2) is 5.45. The van der Waals surface area contributed by atoms with Gasteiger partial charge in [-0.15, -0.1) is 0 Å². The normalized spacial score (nSPS) is 10.2. The van der Waals surface area contributed by atoms with Gasteiger partial charge in [-0.3, -0.25) is 0 Å². The predicted octanol–water partition coefficient (Wildman–Crippen LogP) is 4.01. The molecule has 0 radical (unpaired) electrons. The molecule has 0 amide bonds. The molecule has 2 aromatic rings. The number of hydrogen-bond acceptors (Lipinski definition) is 3. The highest BCUT2D eigenvalue weighted by atomic mass is 14.9. The quantitative estimate of drug-likeness (QED) is 0.810. The SMILES string of the molecule is CC(C)c1ccccc1Nc1ccc(C#N)c(N)c1. The Kier molecular flexibility index (Phi) is 3.72. The smallest absolute Gasteiger partial charge is 0.101 e. The van der Waals surface area contributed by atoms with Gasteiger partial charge in [0.1, 0.15) is 6.07 Å². The fourth-order valence-corrected chi connectivity index (χ4v) is 2.01. The zero-order valence-electron chi connectivity index (χ0n) is 11.1. The summed E-state index contributed by atoms with van der Waals surface area (Å²) in [4.78, 5) is 0. The van der Waals surface area contributed by atoms with E-state index in [0.717, 1.165) is 11.4 Å². The molecule has 0 aliphatic carbocycles. The van der Waals surface area contributed by atoms with Crippen LogP contribution in [-0.2, 0) is 0 Å². The van der Waals surface area contributed by atoms with Crippen molar-refractivity contribution in [3.05, 3.63) is 53.6 Å². The largest absolute Gasteiger partial charge is 0.398 e. The Hall–Kier alpha value is -2.47. The van der Waals surface area contributed by atoms with Crippen LogP contribution in [0.1, 0.15) is 30.9 Å². The molecule has 3 heteroatoms. The minimum Gasteiger partial charge on any atom is -0.398 e. The molecule has 0 aromatic heterocycles. The molecule has 3 N–H and O–H groups in total. The van der Waals surface area contributed by atoms with Crippen LogP contribution in [-0.4, -0.2) is 0 Å². The summed E-state index contributed by atoms with van der Waals surface area (Å²) in [6.07, 6.45) is 0. The van der Waals surface area contributed by atoms with E-state index >= 15 is 0 Å². The summed E-state index contributed by atoms with van der Waals surface area (Å²) in [7, 11) is 0. The maximum atomic E-state index is 8.87. The molecule has 2 aromatic carbocycles. The summed E-state index contributed by atoms with van der Waals surface area (Å²) < 4.78 is 0. The number of para-hydroxylation sites is 1. The van der Waals surface area contributed by atoms with Gasteiger partial charge in [0.15, 0.2) is 0 Å². The molecule has 0 spiro atoms. The summed E-state index contributed by atoms with van der Waals surface area (Å²) in [5.41, 5.74) is 10.0. The number of nitrogens with one attached hydrogen (secondary N) is 1. The monoisotopic (exact) mass is 251 g/mol. The molecular weight excluding hydrogens is 234 g/mol. The van der Waals surface area contributed by atoms with Gasteiger partial charge in [0.2, 0.25) is 0 Å². The van der Waals surface area contributed by atoms with E-state index in [1.54, 1.807) is 12.1 Å². The van der Waals surface area contributed by atoms with E-state index in [4.69, 9.17) is 11.0 Å². The van der Waals surface area contributed by atoms with Gasteiger partial charge in [-0.2, -0.15) is 5.26 Å². The predicted molar refractivity (Wildman–Crippen MR) is 79.4 cm³/mol. The molecule has 0 atom stereocenters. The number of nitrogens with zero attached hydrogens (tertiary/aromatic N) is 1. The van der Waals surface area contributed by atoms with E-state index in [2.05, 4.69) is 31.3 Å². The molecule has 0 saturated heterocycles. The Morgan fingerprint density at radius 2 is 1.89 bits per heavy atom. The van der Waals surface area contributed by atoms with Crippen molar-refractivity contribution in [1.82, 2.24) is 0 Å². The Morgan fingerprint density at radius 1 is 1.16 bits per heavy atom. The Labute approximate surface area is 113 Å². The van der Waals surface area contributed by atoms with E-state index in [1.807, 2.05) is 24.3 Å². The third-order valence-electron chi connectivity index (χ3n) is 3.03. The zero-order valence-corrected chi connectivity index (χ0v) is 11.1. The van der Waals surface area contributed by atoms with E-state index in [0.29, 0.717) is 17.2 Å². The van der Waals surface area contributed by atoms with E-state index < -0.39 is 0 Å². The molecule has 2 rings (SSSR count). The lowest BCUT2D eigenvalue weighted by Gasteiger charge is -2.15. The maximum Gasteiger partial charge on any atom is 0.101 e. The lowest BCUT2D eigenvalue weighted by molar-refractivity contribution is 0.869. The van der Waals surface area contributed by atoms with Crippen molar-refractivity contribution < 1.29 is 0 Å². The van der Waals surface area contributed by atoms with Crippen LogP contribution in [0.3, 0.4) is 0 Å². The third-order valence-corrected chi connectivity index (χ3v) is 3.03. The van der Waals surface area contributed by atoms with Crippen LogP contribution >= 0.6 is 0 Å². The van der Waals surface area contributed by atoms with Crippen LogP contribution in [0.5, 0.6) is 0 Å². The van der Waals surface area contributed by atoms with Crippen LogP contribution < -0.4 is 11.1 Å². The molecule has 19 heavy (non-hydrogen) atoms. The first-order valence-corrected chi connectivity index (χ1v) is 6.27. The number of nitrogens with two attached hydrogens (primary N) is 1. The molecule has 3 nitrogen and oxygen atoms in total. The van der Waals surface area contributed by atoms with Crippen LogP contribution in [0.4, 0.5) is 17.1 Å². The molecular formula is C16H17N3. The lowest BCUT2D eigenvalue weighted by atomic mass is 10.0. The average molecular weight is 251 g/mol. The van der Waals surface area contributed by atoms with Crippen LogP contribution in [0.15, 0.2) is 42.5 Å². The molecule has 0 heterocycles. The van der Waals surface area contributed by atoms with Crippen molar-refractivity contribution in [2.24, 2.45) is 0 Å². The van der Waals surface area contributed by atoms with Gasteiger partial charge >= 0.3 is 0 Å². The maximum absolute atomic E-state index is 8.87. The van der Waals surface area contributed by atoms with E-state index in [1.165, 1.54) is 5.56 Å². The van der Waals surface area contributed by atoms with Crippen molar-refractivity contribution in [2.45, 2.75) is 19.8 Å². The van der Waals surface area contributed by atoms with Gasteiger partial charge in [0.05, 0.1) is 11.3 Å². The highest BCUT2D eigenvalue weighted by Crippen LogP contribution is 2.28. The number of nitrogen functional groups attached to an aromatic ring is 1. The number of benzene rings is 2. The van der Waals surface area contributed by atoms with Crippen molar-refractivity contribution in [3.63, 3.8) is 0 Å². The minimum atomic E-state index is 0.444. The van der Waals surface area contributed by atoms with Crippen molar-refractivity contribution in [1.29, 1.82) is 5.26 Å². The second-order valence-electron chi connectivity index (χ2n) is 4.78. The number of nitriles is 1. The second-order valence-corrected chi connectivity index (χ2v) is 4.78. The summed E-state index contributed by atoms with van der Waals surface area (Å²) in [5, 5.41) is 12.2. The minimum absolute atomic E-state index is 0.444. The van der Waals surface area contributed by atoms with Gasteiger partial charge in [-0.05, 0) is 35.7 Å². The van der Waals surface area contributed by atoms with Gasteiger partial charge in [-0.25, -0.2) is 0 Å². The van der Waals surface area contributed by atoms with Gasteiger partial charge in [-0.1, -0.05) is 32.0 Å². The van der Waals surface area contributed by atoms with Crippen LogP contribution in [0.2, 0.25) is 0 Å². The van der Waals surface area contributed by atoms with Crippen molar-refractivity contribution >= 4 is 17.1 Å². The molecule has 0 aliphatic rings. The number of hydrogen-bond donors (Lipinski definition) is 2. The van der Waals surface area contributed by atoms with Gasteiger partial charge in [0, 0.05) is 11.4 Å². The first-order chi connectivity index (χ1) is 9.11. The lowest BCUT2D eigenvalue weighted by Crippen LogP contribution is -1.99. The van der Waals surface area contributed by atoms with E-state index in [9.17, 15) is 0 Å². The summed E-state index contributed by atoms with van der Waals surface area (Å²) in [5.74, 6) is 0.444. The first-order valence-electron chi connectivity index (χ1n) is 6.27. The zero-order chi connectivity index (χ0) is 13.8. The summed E-state index contributed by atoms with van der Waals surface area (Å²) >= 11 is 0.